The molecular weight excluding hydrogens is 1410 g/mol. The number of nitrogens with zero attached hydrogens (tertiary/aromatic N) is 6. The Labute approximate surface area is 614 Å². The van der Waals surface area contributed by atoms with Crippen LogP contribution < -0.4 is 55.5 Å². The number of carbonyl (C=O) groups is 8. The summed E-state index contributed by atoms with van der Waals surface area (Å²) in [5.41, 5.74) is 42.9. The van der Waals surface area contributed by atoms with E-state index in [1.54, 1.807) is 6.92 Å². The van der Waals surface area contributed by atoms with Gasteiger partial charge in [-0.2, -0.15) is 5.70 Å². The maximum absolute atomic E-state index is 14.4. The Balaban J connectivity index is 0.00000110. The van der Waals surface area contributed by atoms with Crippen LogP contribution in [0.3, 0.4) is 0 Å². The normalized spacial score (nSPS) is 31.0. The van der Waals surface area contributed by atoms with Crippen molar-refractivity contribution in [1.29, 1.82) is 0 Å². The number of ether oxygens (including phenoxy) is 1. The Morgan fingerprint density at radius 2 is 1.37 bits per heavy atom. The van der Waals surface area contributed by atoms with E-state index in [9.17, 15) is 63.1 Å². The Hall–Kier alpha value is -7.88. The molecule has 570 valence electrons. The first kappa shape index (κ1) is 85.0. The molecule has 6 aliphatic heterocycles. The number of rotatable bonds is 29. The van der Waals surface area contributed by atoms with Crippen LogP contribution in [-0.2, 0) is 79.9 Å². The SMILES string of the molecule is C/C1=C2/[N-][C@H]([C@H](CC(N)=O)[C@@]2(C)CCC(=O)NC[C@@H](C)OP(=O)([O-])O[C@H]2[C@@H](O)[C@@H](n3cnc4cc(C)c(C)cc43)O[C@@H]2CO)[C@]2(C)N=C(/C(C)=C3N=C(/C=C4N=C1[C@@H](CCC(N)=O)C\4(C)C)[C@@H](CCC(N)=O)[C@]\3(C)CC(N)=O)[C@@H](CCC(N)=O)[C@]2(C)CC(N)=O.N[C@@H](Cc1ccccc1)C(=O)[O-].O.[Co+3]. The summed E-state index contributed by atoms with van der Waals surface area (Å²) in [7, 11) is -5.32. The summed E-state index contributed by atoms with van der Waals surface area (Å²) in [5.74, 6) is -8.61. The molecule has 9 rings (SSSR count). The van der Waals surface area contributed by atoms with Gasteiger partial charge in [-0.25, -0.2) is 4.98 Å². The summed E-state index contributed by atoms with van der Waals surface area (Å²) in [6.07, 6.45) is -4.47. The van der Waals surface area contributed by atoms with Gasteiger partial charge in [0.25, 0.3) is 7.82 Å². The standard InChI is InChI=1S/C62H90N13O14P.C9H11NO2.Co.H2O/c1-29-20-39-40(21-30(29)2)75(28-70-39)57-52(84)53(41(27-76)87-57)89-90(85,86)88-31(3)26-69-49(83)18-19-59(8)37(22-46(66)80)56-62(11)61(10,25-48(68)82)36(14-17-45(65)79)51(74-62)33(5)55-60(9,24-47(67)81)34(12-15-43(63)77)38(71-55)23-42-58(6,7)35(13-16-44(64)78)50(72-42)32(4)54(59)73-56;10-8(9(11)12)6-7-4-2-1-3-5-7;;/h20-21,23,28,31,34-37,41,52-53,56-57,76,84H,12-19,22,24-27H2,1-11H3,(H15,63,64,65,66,67,68,69,71,72,73,74,77,78,79,80,81,82,83,85,86);1-5,8H,6,10H2,(H,11,12);;1H2/q;;+3;/p-3/t31-,34-,35-,36-,37+,41-,52-,53-,56-,57+,59-,60+,61+,62+;8-;;/m10../s1. The van der Waals surface area contributed by atoms with Gasteiger partial charge in [-0.15, -0.1) is 0 Å². The summed E-state index contributed by atoms with van der Waals surface area (Å²) in [6.45, 7) is 19.0. The molecule has 19 N–H and O–H groups in total. The third kappa shape index (κ3) is 17.6. The molecule has 31 nitrogen and oxygen atoms in total. The van der Waals surface area contributed by atoms with Crippen molar-refractivity contribution in [3.8, 4) is 0 Å². The van der Waals surface area contributed by atoms with Gasteiger partial charge in [-0.05, 0) is 131 Å². The number of benzene rings is 2. The minimum absolute atomic E-state index is 0. The second-order valence-electron chi connectivity index (χ2n) is 29.6. The number of aliphatic hydroxyl groups excluding tert-OH is 2. The van der Waals surface area contributed by atoms with Crippen LogP contribution in [-0.4, -0.2) is 145 Å². The van der Waals surface area contributed by atoms with Crippen molar-refractivity contribution in [1.82, 2.24) is 14.9 Å². The molecule has 2 aromatic carbocycles. The predicted molar refractivity (Wildman–Crippen MR) is 378 cm³/mol. The molecule has 3 aromatic rings. The molecule has 0 radical (unpaired) electrons. The molecule has 1 aromatic heterocycles. The molecule has 16 atom stereocenters. The van der Waals surface area contributed by atoms with Gasteiger partial charge >= 0.3 is 16.8 Å². The number of nitrogens with one attached hydrogen (secondary N) is 1. The van der Waals surface area contributed by atoms with Crippen LogP contribution in [0.2, 0.25) is 0 Å². The number of aliphatic carboxylic acids is 1. The van der Waals surface area contributed by atoms with Crippen LogP contribution in [0.1, 0.15) is 156 Å². The van der Waals surface area contributed by atoms with E-state index in [0.717, 1.165) is 16.7 Å². The number of aromatic nitrogens is 2. The monoisotopic (exact) mass is 1510 g/mol. The number of allylic oxidation sites excluding steroid dienone is 6. The zero-order valence-corrected chi connectivity index (χ0v) is 62.5. The van der Waals surface area contributed by atoms with Gasteiger partial charge in [0.1, 0.15) is 18.3 Å². The molecule has 2 fully saturated rings. The molecule has 8 bridgehead atoms. The van der Waals surface area contributed by atoms with Crippen molar-refractivity contribution in [2.45, 2.75) is 201 Å². The molecule has 104 heavy (non-hydrogen) atoms. The number of amides is 7. The summed E-state index contributed by atoms with van der Waals surface area (Å²) in [6, 6.07) is 11.0. The fourth-order valence-corrected chi connectivity index (χ4v) is 17.4. The van der Waals surface area contributed by atoms with E-state index in [4.69, 9.17) is 74.2 Å². The quantitative estimate of drug-likeness (QED) is 0.0443. The van der Waals surface area contributed by atoms with Crippen molar-refractivity contribution in [3.05, 3.63) is 105 Å². The number of primary amides is 6. The zero-order valence-electron chi connectivity index (χ0n) is 60.6. The number of aryl methyl sites for hydroxylation is 2. The number of carbonyl (C=O) groups excluding carboxylic acids is 8. The number of imidazole rings is 1. The summed E-state index contributed by atoms with van der Waals surface area (Å²) in [5, 5.41) is 40.4. The number of aliphatic imine (C=N–C) groups is 3. The van der Waals surface area contributed by atoms with E-state index in [2.05, 4.69) is 10.3 Å². The van der Waals surface area contributed by atoms with Crippen LogP contribution in [0.15, 0.2) is 98.1 Å². The second-order valence-corrected chi connectivity index (χ2v) is 30.9. The first-order valence-corrected chi connectivity index (χ1v) is 35.7. The first-order chi connectivity index (χ1) is 47.5. The number of phosphoric ester groups is 1. The molecule has 1 unspecified atom stereocenters. The van der Waals surface area contributed by atoms with Gasteiger partial charge in [0.15, 0.2) is 6.23 Å². The van der Waals surface area contributed by atoms with Crippen molar-refractivity contribution >= 4 is 83.3 Å². The third-order valence-electron chi connectivity index (χ3n) is 22.1. The van der Waals surface area contributed by atoms with Crippen molar-refractivity contribution in [3.63, 3.8) is 0 Å². The number of nitrogens with two attached hydrogens (primary N) is 7. The molecule has 33 heteroatoms. The molecule has 2 saturated heterocycles. The van der Waals surface area contributed by atoms with Crippen molar-refractivity contribution < 1.29 is 99.2 Å². The van der Waals surface area contributed by atoms with Gasteiger partial charge in [0, 0.05) is 114 Å². The summed E-state index contributed by atoms with van der Waals surface area (Å²) in [4.78, 5) is 138. The smallest absolute Gasteiger partial charge is 0.756 e. The minimum atomic E-state index is -5.32. The number of hydrogen-bond donors (Lipinski definition) is 10. The molecule has 0 spiro atoms. The fraction of sp³-hybridized carbons (Fsp3) is 0.577. The van der Waals surface area contributed by atoms with Gasteiger partial charge < -0.3 is 99.6 Å². The van der Waals surface area contributed by atoms with Crippen molar-refractivity contribution in [2.75, 3.05) is 13.2 Å². The molecule has 7 amide bonds. The van der Waals surface area contributed by atoms with Crippen LogP contribution >= 0.6 is 7.82 Å². The van der Waals surface area contributed by atoms with Crippen LogP contribution in [0.25, 0.3) is 16.4 Å². The van der Waals surface area contributed by atoms with Crippen LogP contribution in [0.5, 0.6) is 0 Å². The zero-order chi connectivity index (χ0) is 75.7. The van der Waals surface area contributed by atoms with E-state index < -0.39 is 155 Å². The number of hydrogen-bond acceptors (Lipinski definition) is 21. The molecule has 0 saturated carbocycles. The largest absolute Gasteiger partial charge is 3.00 e. The first-order valence-electron chi connectivity index (χ1n) is 34.2. The average Bonchev–Trinajstić information content (AvgIpc) is 1.53. The van der Waals surface area contributed by atoms with E-state index in [0.29, 0.717) is 62.8 Å². The molecule has 6 aliphatic rings. The fourth-order valence-electron chi connectivity index (χ4n) is 16.3. The number of carboxylic acids is 1. The molecular formula is C71H100CoN14O17P. The maximum Gasteiger partial charge on any atom is 3.00 e. The summed E-state index contributed by atoms with van der Waals surface area (Å²) < 4.78 is 31.9. The number of aliphatic hydroxyl groups is 2. The van der Waals surface area contributed by atoms with E-state index >= 15 is 0 Å². The van der Waals surface area contributed by atoms with E-state index in [1.165, 1.54) is 17.8 Å². The molecule has 7 heterocycles. The van der Waals surface area contributed by atoms with Gasteiger partial charge in [-0.3, -0.25) is 53.1 Å². The predicted octanol–water partition coefficient (Wildman–Crippen LogP) is 1.79. The van der Waals surface area contributed by atoms with Gasteiger partial charge in [-0.1, -0.05) is 71.0 Å². The number of phosphoric acid groups is 1. The topological polar surface area (TPSA) is 563 Å². The Kier molecular flexibility index (Phi) is 27.2. The third-order valence-corrected chi connectivity index (χ3v) is 23.2. The van der Waals surface area contributed by atoms with Crippen LogP contribution in [0.4, 0.5) is 0 Å². The summed E-state index contributed by atoms with van der Waals surface area (Å²) >= 11 is 0. The maximum atomic E-state index is 14.4. The van der Waals surface area contributed by atoms with Gasteiger partial charge in [0.05, 0.1) is 47.3 Å². The average molecular weight is 1510 g/mol. The Morgan fingerprint density at radius 1 is 0.779 bits per heavy atom. The van der Waals surface area contributed by atoms with E-state index in [-0.39, 0.29) is 99.4 Å². The van der Waals surface area contributed by atoms with Gasteiger partial charge in [0.2, 0.25) is 41.4 Å². The molecule has 0 aliphatic carbocycles. The number of fused-ring (bicyclic) bond motifs is 7. The number of carboxylic acid groups (broad SMARTS) is 1. The van der Waals surface area contributed by atoms with E-state index in [1.807, 2.05) is 111 Å². The Morgan fingerprint density at radius 3 is 1.93 bits per heavy atom. The van der Waals surface area contributed by atoms with Crippen LogP contribution in [0, 0.1) is 59.2 Å². The van der Waals surface area contributed by atoms with Crippen molar-refractivity contribution in [2.24, 2.45) is 100 Å². The minimum Gasteiger partial charge on any atom is -0.756 e. The Bertz CT molecular complexity index is 4070. The second kappa shape index (κ2) is 33.3.